The molecule has 4 heterocycles. The van der Waals surface area contributed by atoms with Crippen molar-refractivity contribution in [3.05, 3.63) is 68.8 Å². The number of nitrogens with zero attached hydrogens (tertiary/aromatic N) is 3. The number of rotatable bonds is 3. The lowest BCUT2D eigenvalue weighted by atomic mass is 9.53. The third-order valence-electron chi connectivity index (χ3n) is 9.32. The van der Waals surface area contributed by atoms with Crippen LogP contribution in [-0.2, 0) is 11.8 Å². The van der Waals surface area contributed by atoms with Gasteiger partial charge in [-0.2, -0.15) is 4.98 Å². The lowest BCUT2D eigenvalue weighted by molar-refractivity contribution is -0.156. The molecule has 7 nitrogen and oxygen atoms in total. The predicted molar refractivity (Wildman–Crippen MR) is 131 cm³/mol. The molecule has 1 aromatic carbocycles. The summed E-state index contributed by atoms with van der Waals surface area (Å²) in [4.78, 5) is 19.9. The average molecular weight is 474 g/mol. The van der Waals surface area contributed by atoms with Crippen LogP contribution in [0.1, 0.15) is 60.2 Å². The molecule has 2 N–H and O–H groups in total. The van der Waals surface area contributed by atoms with Gasteiger partial charge in [-0.05, 0) is 82.2 Å². The maximum absolute atomic E-state index is 13.1. The van der Waals surface area contributed by atoms with E-state index in [4.69, 9.17) is 4.74 Å². The highest BCUT2D eigenvalue weighted by molar-refractivity contribution is 5.63. The standard InChI is InChI=1S/C28H31N3O4/c1-15-5-4-11-31-22(16(2)26(33)29-25(15)31)24-28-10-12-30(14-17-6-7-17)20(27(28,3)34)13-18-8-9-19(32)23(35-24)21(18)28/h4-5,8-9,11,17,20,24,32,34H,6-7,10,12-14H2,1-3H3/t20-,24+,27-,28+/m1/s1. The van der Waals surface area contributed by atoms with Crippen LogP contribution in [0.4, 0.5) is 0 Å². The second-order valence-corrected chi connectivity index (χ2v) is 11.3. The molecule has 4 aliphatic rings. The number of aromatic hydroxyl groups is 1. The number of pyridine rings is 1. The topological polar surface area (TPSA) is 87.3 Å². The summed E-state index contributed by atoms with van der Waals surface area (Å²) >= 11 is 0. The number of aromatic nitrogens is 2. The molecule has 4 atom stereocenters. The number of phenols is 1. The number of hydrogen-bond acceptors (Lipinski definition) is 6. The smallest absolute Gasteiger partial charge is 0.276 e. The van der Waals surface area contributed by atoms with Crippen molar-refractivity contribution in [2.24, 2.45) is 5.92 Å². The van der Waals surface area contributed by atoms with Crippen molar-refractivity contribution in [1.29, 1.82) is 0 Å². The Kier molecular flexibility index (Phi) is 4.19. The molecule has 182 valence electrons. The number of likely N-dealkylation sites (tertiary alicyclic amines) is 1. The molecule has 1 saturated carbocycles. The number of aryl methyl sites for hydroxylation is 1. The van der Waals surface area contributed by atoms with E-state index in [-0.39, 0.29) is 17.4 Å². The summed E-state index contributed by atoms with van der Waals surface area (Å²) in [6, 6.07) is 7.53. The van der Waals surface area contributed by atoms with Gasteiger partial charge in [-0.15, -0.1) is 0 Å². The van der Waals surface area contributed by atoms with Gasteiger partial charge in [-0.1, -0.05) is 12.1 Å². The van der Waals surface area contributed by atoms with Crippen LogP contribution in [0.2, 0.25) is 0 Å². The van der Waals surface area contributed by atoms with Crippen molar-refractivity contribution < 1.29 is 14.9 Å². The molecule has 1 spiro atoms. The molecule has 0 radical (unpaired) electrons. The Morgan fingerprint density at radius 1 is 1.23 bits per heavy atom. The van der Waals surface area contributed by atoms with Crippen molar-refractivity contribution >= 4 is 5.65 Å². The molecule has 2 aromatic heterocycles. The molecular formula is C28H31N3O4. The second-order valence-electron chi connectivity index (χ2n) is 11.3. The largest absolute Gasteiger partial charge is 0.504 e. The Morgan fingerprint density at radius 3 is 2.80 bits per heavy atom. The molecule has 3 aromatic rings. The zero-order valence-electron chi connectivity index (χ0n) is 20.4. The summed E-state index contributed by atoms with van der Waals surface area (Å²) in [7, 11) is 0. The number of phenolic OH excluding ortho intramolecular Hbond substituents is 1. The van der Waals surface area contributed by atoms with Crippen LogP contribution in [-0.4, -0.2) is 49.2 Å². The Bertz CT molecular complexity index is 1460. The van der Waals surface area contributed by atoms with E-state index in [1.54, 1.807) is 13.0 Å². The summed E-state index contributed by atoms with van der Waals surface area (Å²) in [6.45, 7) is 7.54. The van der Waals surface area contributed by atoms with E-state index in [9.17, 15) is 15.0 Å². The van der Waals surface area contributed by atoms with Gasteiger partial charge in [0.1, 0.15) is 5.65 Å². The van der Waals surface area contributed by atoms with Crippen LogP contribution < -0.4 is 10.3 Å². The first-order chi connectivity index (χ1) is 16.7. The quantitative estimate of drug-likeness (QED) is 0.608. The molecule has 2 bridgehead atoms. The van der Waals surface area contributed by atoms with E-state index in [2.05, 4.69) is 9.88 Å². The Morgan fingerprint density at radius 2 is 2.03 bits per heavy atom. The van der Waals surface area contributed by atoms with Crippen LogP contribution in [0.15, 0.2) is 35.3 Å². The van der Waals surface area contributed by atoms with Gasteiger partial charge in [0, 0.05) is 29.9 Å². The van der Waals surface area contributed by atoms with E-state index in [0.29, 0.717) is 29.1 Å². The first-order valence-electron chi connectivity index (χ1n) is 12.7. The molecule has 0 amide bonds. The van der Waals surface area contributed by atoms with Crippen molar-refractivity contribution in [2.75, 3.05) is 13.1 Å². The van der Waals surface area contributed by atoms with E-state index >= 15 is 0 Å². The predicted octanol–water partition coefficient (Wildman–Crippen LogP) is 3.18. The van der Waals surface area contributed by atoms with Gasteiger partial charge in [0.25, 0.3) is 5.56 Å². The first-order valence-corrected chi connectivity index (χ1v) is 12.7. The average Bonchev–Trinajstić information content (AvgIpc) is 3.56. The number of benzene rings is 1. The number of piperidine rings is 1. The Hall–Kier alpha value is -2.90. The monoisotopic (exact) mass is 473 g/mol. The zero-order valence-corrected chi connectivity index (χ0v) is 20.4. The van der Waals surface area contributed by atoms with Crippen molar-refractivity contribution in [1.82, 2.24) is 14.3 Å². The van der Waals surface area contributed by atoms with E-state index in [1.165, 1.54) is 12.8 Å². The van der Waals surface area contributed by atoms with Crippen molar-refractivity contribution in [3.8, 4) is 11.5 Å². The van der Waals surface area contributed by atoms with Crippen LogP contribution in [0, 0.1) is 19.8 Å². The van der Waals surface area contributed by atoms with E-state index in [0.717, 1.165) is 42.1 Å². The van der Waals surface area contributed by atoms with E-state index in [1.807, 2.05) is 42.6 Å². The minimum Gasteiger partial charge on any atom is -0.504 e. The fourth-order valence-corrected chi connectivity index (χ4v) is 7.31. The minimum atomic E-state index is -1.12. The summed E-state index contributed by atoms with van der Waals surface area (Å²) in [5.41, 5.74) is 2.56. The SMILES string of the molecule is Cc1c([C@@H]2Oc3c(O)ccc4c3[C@@]23CCN(CC2CC2)[C@H](C4)[C@@]3(C)O)n2cccc(C)c2nc1=O. The van der Waals surface area contributed by atoms with Crippen LogP contribution in [0.3, 0.4) is 0 Å². The third kappa shape index (κ3) is 2.63. The molecule has 2 aliphatic carbocycles. The zero-order chi connectivity index (χ0) is 24.3. The second kappa shape index (κ2) is 6.86. The number of fused-ring (bicyclic) bond motifs is 2. The van der Waals surface area contributed by atoms with Crippen molar-refractivity contribution in [3.63, 3.8) is 0 Å². The molecule has 2 aliphatic heterocycles. The van der Waals surface area contributed by atoms with Crippen LogP contribution in [0.5, 0.6) is 11.5 Å². The highest BCUT2D eigenvalue weighted by Gasteiger charge is 2.69. The summed E-state index contributed by atoms with van der Waals surface area (Å²) < 4.78 is 8.61. The fraction of sp³-hybridized carbons (Fsp3) is 0.500. The van der Waals surface area contributed by atoms with Gasteiger partial charge in [-0.3, -0.25) is 9.69 Å². The van der Waals surface area contributed by atoms with Gasteiger partial charge in [0.2, 0.25) is 0 Å². The van der Waals surface area contributed by atoms with Gasteiger partial charge in [0.05, 0.1) is 16.7 Å². The lowest BCUT2D eigenvalue weighted by Crippen LogP contribution is -2.71. The van der Waals surface area contributed by atoms with Crippen LogP contribution in [0.25, 0.3) is 5.65 Å². The molecule has 0 unspecified atom stereocenters. The molecule has 2 fully saturated rings. The lowest BCUT2D eigenvalue weighted by Gasteiger charge is -2.60. The van der Waals surface area contributed by atoms with Gasteiger partial charge in [-0.25, -0.2) is 0 Å². The summed E-state index contributed by atoms with van der Waals surface area (Å²) in [6.07, 6.45) is 5.22. The van der Waals surface area contributed by atoms with E-state index < -0.39 is 17.1 Å². The molecule has 1 saturated heterocycles. The molecule has 7 rings (SSSR count). The molecule has 35 heavy (non-hydrogen) atoms. The van der Waals surface area contributed by atoms with Gasteiger partial charge in [0.15, 0.2) is 17.6 Å². The molecule has 7 heteroatoms. The summed E-state index contributed by atoms with van der Waals surface area (Å²) in [5.74, 6) is 1.26. The first kappa shape index (κ1) is 21.4. The highest BCUT2D eigenvalue weighted by Crippen LogP contribution is 2.66. The Labute approximate surface area is 204 Å². The summed E-state index contributed by atoms with van der Waals surface area (Å²) in [5, 5.41) is 23.4. The Balaban J connectivity index is 1.51. The number of hydrogen-bond donors (Lipinski definition) is 2. The maximum Gasteiger partial charge on any atom is 0.276 e. The number of aliphatic hydroxyl groups is 1. The van der Waals surface area contributed by atoms with Gasteiger partial charge < -0.3 is 19.4 Å². The van der Waals surface area contributed by atoms with Crippen LogP contribution >= 0.6 is 0 Å². The fourth-order valence-electron chi connectivity index (χ4n) is 7.31. The normalized spacial score (nSPS) is 31.4. The maximum atomic E-state index is 13.1. The highest BCUT2D eigenvalue weighted by atomic mass is 16.5. The number of ether oxygens (including phenoxy) is 1. The minimum absolute atomic E-state index is 0.0576. The van der Waals surface area contributed by atoms with Crippen molar-refractivity contribution in [2.45, 2.75) is 69.6 Å². The molecular weight excluding hydrogens is 442 g/mol. The third-order valence-corrected chi connectivity index (χ3v) is 9.32. The van der Waals surface area contributed by atoms with Gasteiger partial charge >= 0.3 is 0 Å².